The van der Waals surface area contributed by atoms with Crippen molar-refractivity contribution in [2.45, 2.75) is 258 Å². The summed E-state index contributed by atoms with van der Waals surface area (Å²) in [6, 6.07) is -0.875. The van der Waals surface area contributed by atoms with E-state index in [-0.39, 0.29) is 31.5 Å². The van der Waals surface area contributed by atoms with Crippen molar-refractivity contribution in [1.82, 2.24) is 5.32 Å². The van der Waals surface area contributed by atoms with Gasteiger partial charge in [-0.3, -0.25) is 18.6 Å². The molecule has 0 fully saturated rings. The fourth-order valence-corrected chi connectivity index (χ4v) is 8.87. The van der Waals surface area contributed by atoms with Gasteiger partial charge in [0.25, 0.3) is 0 Å². The Morgan fingerprint density at radius 3 is 1.39 bits per heavy atom. The largest absolute Gasteiger partial charge is 0.472 e. The van der Waals surface area contributed by atoms with E-state index in [2.05, 4.69) is 111 Å². The smallest absolute Gasteiger partial charge is 0.456 e. The number of rotatable bonds is 53. The molecule has 0 aromatic heterocycles. The molecule has 0 bridgehead atoms. The van der Waals surface area contributed by atoms with Gasteiger partial charge in [0.05, 0.1) is 33.8 Å². The van der Waals surface area contributed by atoms with Gasteiger partial charge in [-0.05, 0) is 102 Å². The quantitative estimate of drug-likeness (QED) is 0.0156. The van der Waals surface area contributed by atoms with Gasteiger partial charge >= 0.3 is 13.8 Å². The zero-order valence-corrected chi connectivity index (χ0v) is 49.4. The Hall–Kier alpha value is -3.07. The minimum atomic E-state index is -4.46. The molecule has 2 N–H and O–H groups in total. The van der Waals surface area contributed by atoms with Crippen molar-refractivity contribution < 1.29 is 37.3 Å². The summed E-state index contributed by atoms with van der Waals surface area (Å²) < 4.78 is 30.6. The third-order valence-electron chi connectivity index (χ3n) is 12.8. The summed E-state index contributed by atoms with van der Waals surface area (Å²) in [5, 5.41) is 3.03. The number of phosphoric acid groups is 1. The number of hydrogen-bond acceptors (Lipinski definition) is 6. The lowest BCUT2D eigenvalue weighted by atomic mass is 10.1. The molecule has 0 rings (SSSR count). The molecule has 0 aromatic rings. The summed E-state index contributed by atoms with van der Waals surface area (Å²) in [6.07, 6.45) is 71.2. The highest BCUT2D eigenvalue weighted by Gasteiger charge is 2.30. The summed E-state index contributed by atoms with van der Waals surface area (Å²) in [7, 11) is 1.45. The number of hydrogen-bond donors (Lipinski definition) is 2. The number of quaternary nitrogens is 1. The van der Waals surface area contributed by atoms with Crippen LogP contribution in [0, 0.1) is 0 Å². The monoisotopic (exact) mass is 1050 g/mol. The van der Waals surface area contributed by atoms with E-state index in [1.54, 1.807) is 0 Å². The molecule has 0 spiro atoms. The van der Waals surface area contributed by atoms with Crippen LogP contribution >= 0.6 is 7.82 Å². The van der Waals surface area contributed by atoms with Gasteiger partial charge in [-0.25, -0.2) is 4.57 Å². The second-order valence-corrected chi connectivity index (χ2v) is 22.6. The maximum atomic E-state index is 13.5. The number of unbranched alkanes of at least 4 members (excludes halogenated alkanes) is 24. The molecule has 1 amide bonds. The van der Waals surface area contributed by atoms with Crippen LogP contribution in [0.3, 0.4) is 0 Å². The molecule has 0 aromatic carbocycles. The van der Waals surface area contributed by atoms with Gasteiger partial charge in [-0.1, -0.05) is 227 Å². The minimum absolute atomic E-state index is 0.0273. The molecule has 3 atom stereocenters. The van der Waals surface area contributed by atoms with E-state index in [0.29, 0.717) is 30.3 Å². The van der Waals surface area contributed by atoms with Crippen molar-refractivity contribution in [2.24, 2.45) is 0 Å². The maximum Gasteiger partial charge on any atom is 0.472 e. The number of nitrogens with zero attached hydrogens (tertiary/aromatic N) is 1. The normalized spacial score (nSPS) is 14.4. The van der Waals surface area contributed by atoms with Gasteiger partial charge in [0.1, 0.15) is 19.3 Å². The molecule has 0 radical (unpaired) electrons. The van der Waals surface area contributed by atoms with E-state index in [9.17, 15) is 19.0 Å². The Morgan fingerprint density at radius 1 is 0.500 bits per heavy atom. The highest BCUT2D eigenvalue weighted by molar-refractivity contribution is 7.47. The Balaban J connectivity index is 5.34. The van der Waals surface area contributed by atoms with Crippen LogP contribution in [0.1, 0.15) is 245 Å². The molecular weight excluding hydrogens is 940 g/mol. The Morgan fingerprint density at radius 2 is 0.905 bits per heavy atom. The van der Waals surface area contributed by atoms with E-state index in [1.165, 1.54) is 89.9 Å². The average molecular weight is 1050 g/mol. The summed E-state index contributed by atoms with van der Waals surface area (Å²) >= 11 is 0. The molecule has 0 aliphatic heterocycles. The molecule has 0 saturated heterocycles. The first-order valence-corrected chi connectivity index (χ1v) is 31.6. The van der Waals surface area contributed by atoms with Crippen molar-refractivity contribution in [3.63, 3.8) is 0 Å². The molecule has 10 heteroatoms. The zero-order chi connectivity index (χ0) is 54.3. The molecule has 3 unspecified atom stereocenters. The number of esters is 1. The van der Waals surface area contributed by atoms with Crippen LogP contribution in [-0.4, -0.2) is 74.3 Å². The molecule has 0 aliphatic carbocycles. The van der Waals surface area contributed by atoms with Gasteiger partial charge in [0.2, 0.25) is 5.91 Å². The van der Waals surface area contributed by atoms with Crippen molar-refractivity contribution >= 4 is 19.7 Å². The van der Waals surface area contributed by atoms with Gasteiger partial charge in [0, 0.05) is 12.8 Å². The third-order valence-corrected chi connectivity index (χ3v) is 13.8. The summed E-state index contributed by atoms with van der Waals surface area (Å²) in [4.78, 5) is 37.6. The van der Waals surface area contributed by atoms with E-state index in [0.717, 1.165) is 109 Å². The highest BCUT2D eigenvalue weighted by atomic mass is 31.2. The lowest BCUT2D eigenvalue weighted by molar-refractivity contribution is -0.870. The number of carbonyl (C=O) groups excluding carboxylic acids is 2. The van der Waals surface area contributed by atoms with Crippen LogP contribution in [0.2, 0.25) is 0 Å². The van der Waals surface area contributed by atoms with Gasteiger partial charge in [-0.15, -0.1) is 0 Å². The van der Waals surface area contributed by atoms with E-state index >= 15 is 0 Å². The summed E-state index contributed by atoms with van der Waals surface area (Å²) in [6.45, 7) is 6.84. The number of phosphoric ester groups is 1. The van der Waals surface area contributed by atoms with Gasteiger partial charge in [0.15, 0.2) is 0 Å². The standard InChI is InChI=1S/C64H113N2O7P/c1-7-10-13-16-19-22-25-27-29-31-32-33-34-35-37-39-42-45-48-51-54-57-64(68)73-62(55-52-49-46-43-40-24-21-18-15-12-9-3)61(60-72-74(69,70)71-59-58-66(4,5)6)65-63(67)56-53-50-47-44-41-38-36-30-28-26-23-20-17-14-11-8-2/h10,13,19,22,27,29-30,32-33,35-38,41,52,55,61-62H,7-9,11-12,14-18,20-21,23-26,28,31,34,39-40,42-51,53-54,56-60H2,1-6H3,(H-,65,67,69,70)/p+1/b13-10-,22-19-,29-27-,33-32-,36-30+,37-35-,41-38+,55-52+. The van der Waals surface area contributed by atoms with Gasteiger partial charge < -0.3 is 19.4 Å². The maximum absolute atomic E-state index is 13.5. The van der Waals surface area contributed by atoms with Crippen LogP contribution in [0.4, 0.5) is 0 Å². The fourth-order valence-electron chi connectivity index (χ4n) is 8.13. The molecule has 9 nitrogen and oxygen atoms in total. The molecule has 0 heterocycles. The van der Waals surface area contributed by atoms with Crippen LogP contribution in [0.25, 0.3) is 0 Å². The van der Waals surface area contributed by atoms with Crippen LogP contribution in [0.5, 0.6) is 0 Å². The SMILES string of the molecule is CC/C=C\C/C=C\C/C=C\C/C=C\C/C=C\CCCCCCCC(=O)OC(/C=C/CCCCCCCCCCC)C(COP(=O)(O)OCC[N+](C)(C)C)NC(=O)CCCCC/C=C/C=C/CCCCCCCCC. The molecule has 0 saturated carbocycles. The second-order valence-electron chi connectivity index (χ2n) is 21.2. The van der Waals surface area contributed by atoms with Gasteiger partial charge in [-0.2, -0.15) is 0 Å². The number of carbonyl (C=O) groups is 2. The Labute approximate surface area is 456 Å². The predicted molar refractivity (Wildman–Crippen MR) is 318 cm³/mol. The summed E-state index contributed by atoms with van der Waals surface area (Å²) in [5.74, 6) is -0.563. The minimum Gasteiger partial charge on any atom is -0.456 e. The lowest BCUT2D eigenvalue weighted by Crippen LogP contribution is -2.47. The molecule has 0 aliphatic rings. The molecular formula is C64H114N2O7P+. The number of likely N-dealkylation sites (N-methyl/N-ethyl adjacent to an activating group) is 1. The van der Waals surface area contributed by atoms with E-state index < -0.39 is 20.0 Å². The van der Waals surface area contributed by atoms with Crippen molar-refractivity contribution in [2.75, 3.05) is 40.9 Å². The third kappa shape index (κ3) is 53.7. The zero-order valence-electron chi connectivity index (χ0n) is 48.6. The lowest BCUT2D eigenvalue weighted by Gasteiger charge is -2.27. The average Bonchev–Trinajstić information content (AvgIpc) is 3.36. The number of ether oxygens (including phenoxy) is 1. The number of amides is 1. The topological polar surface area (TPSA) is 111 Å². The fraction of sp³-hybridized carbons (Fsp3) is 0.719. The van der Waals surface area contributed by atoms with Crippen molar-refractivity contribution in [3.8, 4) is 0 Å². The van der Waals surface area contributed by atoms with E-state index in [4.69, 9.17) is 13.8 Å². The summed E-state index contributed by atoms with van der Waals surface area (Å²) in [5.41, 5.74) is 0. The van der Waals surface area contributed by atoms with Crippen LogP contribution in [0.15, 0.2) is 97.2 Å². The first kappa shape index (κ1) is 70.9. The van der Waals surface area contributed by atoms with E-state index in [1.807, 2.05) is 33.3 Å². The first-order chi connectivity index (χ1) is 35.9. The Bertz CT molecular complexity index is 1590. The predicted octanol–water partition coefficient (Wildman–Crippen LogP) is 18.4. The highest BCUT2D eigenvalue weighted by Crippen LogP contribution is 2.43. The van der Waals surface area contributed by atoms with Crippen molar-refractivity contribution in [1.29, 1.82) is 0 Å². The molecule has 74 heavy (non-hydrogen) atoms. The second kappa shape index (κ2) is 53.3. The van der Waals surface area contributed by atoms with Crippen molar-refractivity contribution in [3.05, 3.63) is 97.2 Å². The Kier molecular flexibility index (Phi) is 51.1. The van der Waals surface area contributed by atoms with Crippen LogP contribution in [-0.2, 0) is 27.9 Å². The van der Waals surface area contributed by atoms with Crippen LogP contribution < -0.4 is 5.32 Å². The first-order valence-electron chi connectivity index (χ1n) is 30.1. The number of allylic oxidation sites excluding steroid dienone is 15. The molecule has 426 valence electrons. The number of nitrogens with one attached hydrogen (secondary N) is 1.